The van der Waals surface area contributed by atoms with Crippen LogP contribution in [0.15, 0.2) is 54.6 Å². The third-order valence-electron chi connectivity index (χ3n) is 5.36. The molecule has 0 aliphatic carbocycles. The number of benzene rings is 2. The molecule has 2 aromatic carbocycles. The maximum Gasteiger partial charge on any atom is 0.118 e. The maximum atomic E-state index is 9.20. The second kappa shape index (κ2) is 7.07. The quantitative estimate of drug-likeness (QED) is 0.854. The predicted octanol–water partition coefficient (Wildman–Crippen LogP) is 3.99. The Labute approximate surface area is 144 Å². The van der Waals surface area contributed by atoms with Crippen LogP contribution in [0.1, 0.15) is 30.9 Å². The van der Waals surface area contributed by atoms with Gasteiger partial charge in [-0.15, -0.1) is 0 Å². The second-order valence-corrected chi connectivity index (χ2v) is 6.52. The summed E-state index contributed by atoms with van der Waals surface area (Å²) >= 11 is 0. The van der Waals surface area contributed by atoms with E-state index in [1.807, 2.05) is 19.1 Å². The Morgan fingerprint density at radius 2 is 1.58 bits per heavy atom. The molecule has 1 aliphatic rings. The first kappa shape index (κ1) is 16.5. The van der Waals surface area contributed by atoms with Crippen molar-refractivity contribution in [2.45, 2.75) is 31.2 Å². The van der Waals surface area contributed by atoms with Gasteiger partial charge in [-0.25, -0.2) is 0 Å². The van der Waals surface area contributed by atoms with Gasteiger partial charge >= 0.3 is 0 Å². The average Bonchev–Trinajstić information content (AvgIpc) is 2.68. The van der Waals surface area contributed by atoms with E-state index in [1.54, 1.807) is 7.11 Å². The highest BCUT2D eigenvalue weighted by molar-refractivity contribution is 5.42. The molecule has 0 spiro atoms. The smallest absolute Gasteiger partial charge is 0.118 e. The van der Waals surface area contributed by atoms with Crippen LogP contribution in [-0.2, 0) is 5.41 Å². The molecule has 0 aromatic heterocycles. The van der Waals surface area contributed by atoms with Crippen LogP contribution in [0.2, 0.25) is 0 Å². The van der Waals surface area contributed by atoms with Gasteiger partial charge in [0.15, 0.2) is 0 Å². The molecule has 3 nitrogen and oxygen atoms in total. The van der Waals surface area contributed by atoms with E-state index in [0.29, 0.717) is 0 Å². The number of rotatable bonds is 4. The van der Waals surface area contributed by atoms with Gasteiger partial charge in [0.25, 0.3) is 0 Å². The van der Waals surface area contributed by atoms with Gasteiger partial charge in [-0.05, 0) is 43.0 Å². The minimum Gasteiger partial charge on any atom is -0.497 e. The van der Waals surface area contributed by atoms with Crippen LogP contribution in [0.5, 0.6) is 5.75 Å². The molecule has 1 aliphatic heterocycles. The van der Waals surface area contributed by atoms with Gasteiger partial charge < -0.3 is 4.74 Å². The normalized spacial score (nSPS) is 18.5. The average molecular weight is 320 g/mol. The molecule has 124 valence electrons. The summed E-state index contributed by atoms with van der Waals surface area (Å²) in [6, 6.07) is 21.6. The first-order valence-electron chi connectivity index (χ1n) is 8.53. The first-order chi connectivity index (χ1) is 11.7. The number of piperidine rings is 1. The third-order valence-corrected chi connectivity index (χ3v) is 5.36. The number of likely N-dealkylation sites (tertiary alicyclic amines) is 1. The van der Waals surface area contributed by atoms with Crippen LogP contribution >= 0.6 is 0 Å². The zero-order valence-electron chi connectivity index (χ0n) is 14.4. The van der Waals surface area contributed by atoms with E-state index in [9.17, 15) is 5.26 Å². The second-order valence-electron chi connectivity index (χ2n) is 6.52. The topological polar surface area (TPSA) is 36.3 Å². The van der Waals surface area contributed by atoms with Crippen LogP contribution < -0.4 is 4.74 Å². The molecule has 0 saturated carbocycles. The number of nitrogens with zero attached hydrogens (tertiary/aromatic N) is 2. The molecule has 1 heterocycles. The van der Waals surface area contributed by atoms with Gasteiger partial charge in [0.2, 0.25) is 0 Å². The highest BCUT2D eigenvalue weighted by Gasteiger charge is 2.38. The molecule has 3 heteroatoms. The Bertz CT molecular complexity index is 695. The van der Waals surface area contributed by atoms with E-state index < -0.39 is 0 Å². The highest BCUT2D eigenvalue weighted by atomic mass is 16.5. The summed E-state index contributed by atoms with van der Waals surface area (Å²) < 4.78 is 5.31. The van der Waals surface area contributed by atoms with Gasteiger partial charge in [0, 0.05) is 18.5 Å². The summed E-state index contributed by atoms with van der Waals surface area (Å²) in [6.07, 6.45) is 2.05. The summed E-state index contributed by atoms with van der Waals surface area (Å²) in [5.41, 5.74) is 2.71. The monoisotopic (exact) mass is 320 g/mol. The SMILES string of the molecule is COc1ccc(C2(c3ccccc3)CCN(C(C)C#N)CC2)cc1. The zero-order chi connectivity index (χ0) is 17.0. The van der Waals surface area contributed by atoms with Crippen molar-refractivity contribution in [3.05, 3.63) is 65.7 Å². The van der Waals surface area contributed by atoms with E-state index in [1.165, 1.54) is 11.1 Å². The summed E-state index contributed by atoms with van der Waals surface area (Å²) in [7, 11) is 1.70. The standard InChI is InChI=1S/C21H24N2O/c1-17(16-22)23-14-12-21(13-15-23,18-6-4-3-5-7-18)19-8-10-20(24-2)11-9-19/h3-11,17H,12-15H2,1-2H3. The Morgan fingerprint density at radius 3 is 2.12 bits per heavy atom. The third kappa shape index (κ3) is 3.02. The van der Waals surface area contributed by atoms with Crippen LogP contribution in [0.4, 0.5) is 0 Å². The molecule has 0 amide bonds. The number of nitriles is 1. The molecule has 1 unspecified atom stereocenters. The lowest BCUT2D eigenvalue weighted by atomic mass is 9.68. The Morgan fingerprint density at radius 1 is 1.00 bits per heavy atom. The molecule has 0 bridgehead atoms. The largest absolute Gasteiger partial charge is 0.497 e. The molecule has 0 N–H and O–H groups in total. The zero-order valence-corrected chi connectivity index (χ0v) is 14.4. The van der Waals surface area contributed by atoms with Crippen molar-refractivity contribution < 1.29 is 4.74 Å². The predicted molar refractivity (Wildman–Crippen MR) is 96.1 cm³/mol. The van der Waals surface area contributed by atoms with E-state index >= 15 is 0 Å². The summed E-state index contributed by atoms with van der Waals surface area (Å²) in [4.78, 5) is 2.28. The number of hydrogen-bond donors (Lipinski definition) is 0. The highest BCUT2D eigenvalue weighted by Crippen LogP contribution is 2.42. The first-order valence-corrected chi connectivity index (χ1v) is 8.53. The Hall–Kier alpha value is -2.31. The van der Waals surface area contributed by atoms with E-state index in [-0.39, 0.29) is 11.5 Å². The van der Waals surface area contributed by atoms with Gasteiger partial charge in [-0.3, -0.25) is 4.90 Å². The Kier molecular flexibility index (Phi) is 4.87. The van der Waals surface area contributed by atoms with Gasteiger partial charge in [-0.2, -0.15) is 5.26 Å². The lowest BCUT2D eigenvalue weighted by molar-refractivity contribution is 0.160. The minimum absolute atomic E-state index is 0.0131. The fourth-order valence-electron chi connectivity index (χ4n) is 3.79. The van der Waals surface area contributed by atoms with Gasteiger partial charge in [-0.1, -0.05) is 42.5 Å². The van der Waals surface area contributed by atoms with Crippen molar-refractivity contribution in [3.8, 4) is 11.8 Å². The van der Waals surface area contributed by atoms with E-state index in [4.69, 9.17) is 4.74 Å². The molecule has 1 saturated heterocycles. The molecule has 2 aromatic rings. The maximum absolute atomic E-state index is 9.20. The van der Waals surface area contributed by atoms with Crippen LogP contribution in [0.3, 0.4) is 0 Å². The van der Waals surface area contributed by atoms with E-state index in [0.717, 1.165) is 31.7 Å². The Balaban J connectivity index is 1.96. The van der Waals surface area contributed by atoms with Crippen LogP contribution in [0, 0.1) is 11.3 Å². The van der Waals surface area contributed by atoms with Crippen LogP contribution in [-0.4, -0.2) is 31.1 Å². The fourth-order valence-corrected chi connectivity index (χ4v) is 3.79. The number of methoxy groups -OCH3 is 1. The van der Waals surface area contributed by atoms with Crippen molar-refractivity contribution in [1.82, 2.24) is 4.90 Å². The molecule has 1 atom stereocenters. The molecule has 0 radical (unpaired) electrons. The molecule has 3 rings (SSSR count). The van der Waals surface area contributed by atoms with Gasteiger partial charge in [0.1, 0.15) is 5.75 Å². The van der Waals surface area contributed by atoms with E-state index in [2.05, 4.69) is 53.4 Å². The number of hydrogen-bond acceptors (Lipinski definition) is 3. The summed E-state index contributed by atoms with van der Waals surface area (Å²) in [5, 5.41) is 9.20. The summed E-state index contributed by atoms with van der Waals surface area (Å²) in [5.74, 6) is 0.887. The lowest BCUT2D eigenvalue weighted by Crippen LogP contribution is -2.46. The fraction of sp³-hybridized carbons (Fsp3) is 0.381. The van der Waals surface area contributed by atoms with Crippen molar-refractivity contribution >= 4 is 0 Å². The summed E-state index contributed by atoms with van der Waals surface area (Å²) in [6.45, 7) is 3.87. The molecular weight excluding hydrogens is 296 g/mol. The van der Waals surface area contributed by atoms with Crippen molar-refractivity contribution in [3.63, 3.8) is 0 Å². The minimum atomic E-state index is -0.0189. The van der Waals surface area contributed by atoms with Crippen molar-refractivity contribution in [1.29, 1.82) is 5.26 Å². The molecule has 1 fully saturated rings. The molecule has 24 heavy (non-hydrogen) atoms. The van der Waals surface area contributed by atoms with Crippen molar-refractivity contribution in [2.24, 2.45) is 0 Å². The molecular formula is C21H24N2O. The van der Waals surface area contributed by atoms with Gasteiger partial charge in [0.05, 0.1) is 19.2 Å². The lowest BCUT2D eigenvalue weighted by Gasteiger charge is -2.43. The van der Waals surface area contributed by atoms with Crippen LogP contribution in [0.25, 0.3) is 0 Å². The van der Waals surface area contributed by atoms with Crippen molar-refractivity contribution in [2.75, 3.05) is 20.2 Å². The number of ether oxygens (including phenoxy) is 1.